The van der Waals surface area contributed by atoms with Crippen LogP contribution < -0.4 is 0 Å². The maximum atomic E-state index is 12.0. The second-order valence-corrected chi connectivity index (χ2v) is 4.56. The van der Waals surface area contributed by atoms with E-state index in [2.05, 4.69) is 0 Å². The van der Waals surface area contributed by atoms with Crippen LogP contribution in [0.4, 0.5) is 13.2 Å². The summed E-state index contributed by atoms with van der Waals surface area (Å²) >= 11 is 19.8. The Bertz CT molecular complexity index is 202. The molecule has 1 nitrogen and oxygen atoms in total. The van der Waals surface area contributed by atoms with Crippen molar-refractivity contribution in [3.63, 3.8) is 0 Å². The quantitative estimate of drug-likeness (QED) is 0.570. The molecule has 0 N–H and O–H groups in total. The Hall–Kier alpha value is 0.620. The maximum absolute atomic E-state index is 12.0. The summed E-state index contributed by atoms with van der Waals surface area (Å²) in [6.45, 7) is 0. The first-order valence-electron chi connectivity index (χ1n) is 2.86. The van der Waals surface area contributed by atoms with Crippen molar-refractivity contribution in [3.05, 3.63) is 0 Å². The van der Waals surface area contributed by atoms with Crippen molar-refractivity contribution in [1.82, 2.24) is 0 Å². The molecule has 0 rings (SSSR count). The SMILES string of the molecule is O=C(Cl)C(Cl)CC(Cl)(Cl)C(F)(F)F. The third-order valence-electron chi connectivity index (χ3n) is 1.10. The first-order chi connectivity index (χ1) is 5.58. The Labute approximate surface area is 92.1 Å². The van der Waals surface area contributed by atoms with E-state index in [1.54, 1.807) is 0 Å². The third-order valence-corrected chi connectivity index (χ3v) is 2.56. The minimum atomic E-state index is -4.85. The molecule has 0 aliphatic rings. The standard InChI is InChI=1S/C5H3Cl4F3O/c6-2(3(7)13)1-4(8,9)5(10,11)12/h2H,1H2. The van der Waals surface area contributed by atoms with E-state index in [-0.39, 0.29) is 0 Å². The number of halogens is 7. The van der Waals surface area contributed by atoms with Gasteiger partial charge in [0.25, 0.3) is 0 Å². The largest absolute Gasteiger partial charge is 0.421 e. The lowest BCUT2D eigenvalue weighted by Gasteiger charge is -2.23. The zero-order valence-electron chi connectivity index (χ0n) is 5.84. The second-order valence-electron chi connectivity index (χ2n) is 2.18. The van der Waals surface area contributed by atoms with Crippen LogP contribution in [0.2, 0.25) is 0 Å². The lowest BCUT2D eigenvalue weighted by Crippen LogP contribution is -2.37. The van der Waals surface area contributed by atoms with Crippen molar-refractivity contribution in [1.29, 1.82) is 0 Å². The van der Waals surface area contributed by atoms with Gasteiger partial charge in [-0.05, 0) is 11.6 Å². The average Bonchev–Trinajstić information content (AvgIpc) is 1.83. The molecule has 0 heterocycles. The van der Waals surface area contributed by atoms with Crippen molar-refractivity contribution in [3.8, 4) is 0 Å². The predicted octanol–water partition coefficient (Wildman–Crippen LogP) is 3.49. The average molecular weight is 278 g/mol. The zero-order chi connectivity index (χ0) is 10.9. The van der Waals surface area contributed by atoms with Crippen LogP contribution in [-0.4, -0.2) is 21.1 Å². The molecule has 8 heteroatoms. The van der Waals surface area contributed by atoms with E-state index in [9.17, 15) is 18.0 Å². The monoisotopic (exact) mass is 276 g/mol. The minimum Gasteiger partial charge on any atom is -0.280 e. The Morgan fingerprint density at radius 1 is 1.31 bits per heavy atom. The summed E-state index contributed by atoms with van der Waals surface area (Å²) in [4.78, 5) is 10.3. The smallest absolute Gasteiger partial charge is 0.280 e. The van der Waals surface area contributed by atoms with Crippen LogP contribution in [0.1, 0.15) is 6.42 Å². The van der Waals surface area contributed by atoms with E-state index in [1.165, 1.54) is 0 Å². The number of carbonyl (C=O) groups excluding carboxylic acids is 1. The van der Waals surface area contributed by atoms with Gasteiger partial charge < -0.3 is 0 Å². The van der Waals surface area contributed by atoms with E-state index in [0.29, 0.717) is 0 Å². The maximum Gasteiger partial charge on any atom is 0.421 e. The van der Waals surface area contributed by atoms with E-state index >= 15 is 0 Å². The summed E-state index contributed by atoms with van der Waals surface area (Å²) in [5.41, 5.74) is 0. The Morgan fingerprint density at radius 2 is 1.69 bits per heavy atom. The number of rotatable bonds is 3. The van der Waals surface area contributed by atoms with Crippen LogP contribution in [0, 0.1) is 0 Å². The fraction of sp³-hybridized carbons (Fsp3) is 0.800. The molecular weight excluding hydrogens is 275 g/mol. The lowest BCUT2D eigenvalue weighted by molar-refractivity contribution is -0.143. The first kappa shape index (κ1) is 13.6. The zero-order valence-corrected chi connectivity index (χ0v) is 8.86. The highest BCUT2D eigenvalue weighted by Crippen LogP contribution is 2.44. The Morgan fingerprint density at radius 3 is 1.92 bits per heavy atom. The summed E-state index contributed by atoms with van der Waals surface area (Å²) < 4.78 is 32.9. The van der Waals surface area contributed by atoms with Gasteiger partial charge in [-0.15, -0.1) is 11.6 Å². The molecule has 0 spiro atoms. The summed E-state index contributed by atoms with van der Waals surface area (Å²) in [6.07, 6.45) is -5.83. The highest BCUT2D eigenvalue weighted by atomic mass is 35.5. The Kier molecular flexibility index (Phi) is 4.64. The van der Waals surface area contributed by atoms with E-state index in [0.717, 1.165) is 0 Å². The van der Waals surface area contributed by atoms with Gasteiger partial charge in [0.05, 0.1) is 0 Å². The van der Waals surface area contributed by atoms with Gasteiger partial charge in [-0.1, -0.05) is 23.2 Å². The first-order valence-corrected chi connectivity index (χ1v) is 4.43. The fourth-order valence-electron chi connectivity index (χ4n) is 0.421. The van der Waals surface area contributed by atoms with Crippen LogP contribution in [0.25, 0.3) is 0 Å². The summed E-state index contributed by atoms with van der Waals surface area (Å²) in [6, 6.07) is 0. The molecule has 0 aromatic heterocycles. The number of alkyl halides is 6. The van der Waals surface area contributed by atoms with Gasteiger partial charge in [-0.2, -0.15) is 13.2 Å². The summed E-state index contributed by atoms with van der Waals surface area (Å²) in [5.74, 6) is 0. The third kappa shape index (κ3) is 4.11. The van der Waals surface area contributed by atoms with Crippen LogP contribution >= 0.6 is 46.4 Å². The molecule has 0 saturated carbocycles. The number of carbonyl (C=O) groups is 1. The van der Waals surface area contributed by atoms with Gasteiger partial charge in [-0.3, -0.25) is 4.79 Å². The highest BCUT2D eigenvalue weighted by molar-refractivity contribution is 6.69. The normalized spacial score (nSPS) is 15.6. The molecule has 0 amide bonds. The topological polar surface area (TPSA) is 17.1 Å². The van der Waals surface area contributed by atoms with E-state index in [4.69, 9.17) is 46.4 Å². The molecule has 0 aromatic carbocycles. The molecule has 0 aromatic rings. The summed E-state index contributed by atoms with van der Waals surface area (Å²) in [5, 5.41) is -2.69. The van der Waals surface area contributed by atoms with Crippen LogP contribution in [0.5, 0.6) is 0 Å². The van der Waals surface area contributed by atoms with Gasteiger partial charge >= 0.3 is 6.18 Å². The van der Waals surface area contributed by atoms with Gasteiger partial charge in [0.2, 0.25) is 9.58 Å². The van der Waals surface area contributed by atoms with Gasteiger partial charge in [0, 0.05) is 6.42 Å². The van der Waals surface area contributed by atoms with Crippen molar-refractivity contribution >= 4 is 51.6 Å². The van der Waals surface area contributed by atoms with Crippen molar-refractivity contribution in [2.75, 3.05) is 0 Å². The van der Waals surface area contributed by atoms with E-state index in [1.807, 2.05) is 0 Å². The fourth-order valence-corrected chi connectivity index (χ4v) is 1.20. The number of hydrogen-bond donors (Lipinski definition) is 0. The molecule has 13 heavy (non-hydrogen) atoms. The molecular formula is C5H3Cl4F3O. The van der Waals surface area contributed by atoms with Crippen molar-refractivity contribution in [2.24, 2.45) is 0 Å². The van der Waals surface area contributed by atoms with Crippen LogP contribution in [0.15, 0.2) is 0 Å². The van der Waals surface area contributed by atoms with Gasteiger partial charge in [-0.25, -0.2) is 0 Å². The molecule has 0 aliphatic carbocycles. The minimum absolute atomic E-state index is 0.983. The van der Waals surface area contributed by atoms with Crippen LogP contribution in [0.3, 0.4) is 0 Å². The molecule has 1 atom stereocenters. The lowest BCUT2D eigenvalue weighted by atomic mass is 10.2. The van der Waals surface area contributed by atoms with Gasteiger partial charge in [0.1, 0.15) is 5.38 Å². The summed E-state index contributed by atoms with van der Waals surface area (Å²) in [7, 11) is 0. The molecule has 0 bridgehead atoms. The second kappa shape index (κ2) is 4.43. The molecule has 0 aliphatic heterocycles. The molecule has 78 valence electrons. The van der Waals surface area contributed by atoms with Crippen molar-refractivity contribution in [2.45, 2.75) is 22.3 Å². The predicted molar refractivity (Wildman–Crippen MR) is 45.6 cm³/mol. The molecule has 1 unspecified atom stereocenters. The molecule has 0 fully saturated rings. The van der Waals surface area contributed by atoms with Crippen LogP contribution in [-0.2, 0) is 4.79 Å². The molecule has 0 radical (unpaired) electrons. The van der Waals surface area contributed by atoms with Crippen molar-refractivity contribution < 1.29 is 18.0 Å². The Balaban J connectivity index is 4.43. The highest BCUT2D eigenvalue weighted by Gasteiger charge is 2.53. The van der Waals surface area contributed by atoms with E-state index < -0.39 is 27.5 Å². The number of hydrogen-bond acceptors (Lipinski definition) is 1. The van der Waals surface area contributed by atoms with Gasteiger partial charge in [0.15, 0.2) is 0 Å². The molecule has 0 saturated heterocycles.